The number of nitrogens with zero attached hydrogens (tertiary/aromatic N) is 6. The van der Waals surface area contributed by atoms with Crippen LogP contribution in [0.2, 0.25) is 0 Å². The second kappa shape index (κ2) is 8.47. The van der Waals surface area contributed by atoms with Gasteiger partial charge in [0.1, 0.15) is 24.8 Å². The van der Waals surface area contributed by atoms with Gasteiger partial charge in [0.05, 0.1) is 11.7 Å². The first-order chi connectivity index (χ1) is 16.6. The highest BCUT2D eigenvalue weighted by Crippen LogP contribution is 2.44. The maximum absolute atomic E-state index is 13.4. The number of anilines is 1. The van der Waals surface area contributed by atoms with Crippen molar-refractivity contribution in [3.05, 3.63) is 36.4 Å². The molecule has 3 aromatic rings. The Morgan fingerprint density at radius 1 is 1.17 bits per heavy atom. The number of Topliss-reactive ketones (excluding diaryl/α,β-unsaturated/α-hetero) is 1. The third-order valence-electron chi connectivity index (χ3n) is 6.59. The minimum absolute atomic E-state index is 0.0128. The molecule has 1 aliphatic carbocycles. The average molecular weight is 489 g/mol. The molecule has 2 aliphatic rings. The molecule has 35 heavy (non-hydrogen) atoms. The van der Waals surface area contributed by atoms with Crippen LogP contribution in [0.1, 0.15) is 36.7 Å². The van der Waals surface area contributed by atoms with Gasteiger partial charge in [-0.1, -0.05) is 0 Å². The Hall–Kier alpha value is -3.77. The molecule has 0 aromatic carbocycles. The number of pyridine rings is 1. The fourth-order valence-electron chi connectivity index (χ4n) is 4.94. The number of hydrogen-bond donors (Lipinski definition) is 1. The normalized spacial score (nSPS) is 21.6. The second-order valence-electron chi connectivity index (χ2n) is 8.92. The first-order valence-electron chi connectivity index (χ1n) is 11.1. The lowest BCUT2D eigenvalue weighted by atomic mass is 9.80. The second-order valence-corrected chi connectivity index (χ2v) is 8.92. The molecule has 1 aliphatic heterocycles. The fourth-order valence-corrected chi connectivity index (χ4v) is 4.94. The zero-order valence-corrected chi connectivity index (χ0v) is 18.7. The number of alkyl halides is 3. The maximum atomic E-state index is 13.4. The van der Waals surface area contributed by atoms with E-state index in [1.807, 2.05) is 0 Å². The molecule has 1 saturated carbocycles. The van der Waals surface area contributed by atoms with Crippen LogP contribution in [0, 0.1) is 5.92 Å². The highest BCUT2D eigenvalue weighted by atomic mass is 19.4. The van der Waals surface area contributed by atoms with Gasteiger partial charge < -0.3 is 10.2 Å². The van der Waals surface area contributed by atoms with Gasteiger partial charge in [-0.15, -0.1) is 0 Å². The summed E-state index contributed by atoms with van der Waals surface area (Å²) in [7, 11) is 0. The summed E-state index contributed by atoms with van der Waals surface area (Å²) in [6.45, 7) is -0.0527. The Kier molecular flexibility index (Phi) is 5.56. The number of fused-ring (bicyclic) bond motifs is 2. The average Bonchev–Trinajstić information content (AvgIpc) is 3.42. The zero-order valence-electron chi connectivity index (χ0n) is 18.7. The van der Waals surface area contributed by atoms with Crippen LogP contribution in [0.15, 0.2) is 30.7 Å². The molecule has 2 fully saturated rings. The SMILES string of the molecule is CC(=O)c1nn(CC(=O)N2[C@@H]3CC[C@@H]3C[C@H]2C(=O)Nc2ccn(CC(F)(F)F)n2)c2cnccc12. The Balaban J connectivity index is 1.34. The van der Waals surface area contributed by atoms with E-state index in [1.54, 1.807) is 17.2 Å². The predicted octanol–water partition coefficient (Wildman–Crippen LogP) is 2.41. The molecule has 1 N–H and O–H groups in total. The highest BCUT2D eigenvalue weighted by Gasteiger charge is 2.51. The molecule has 4 heterocycles. The summed E-state index contributed by atoms with van der Waals surface area (Å²) in [4.78, 5) is 44.0. The highest BCUT2D eigenvalue weighted by molar-refractivity contribution is 6.05. The van der Waals surface area contributed by atoms with Gasteiger partial charge in [0, 0.05) is 36.8 Å². The largest absolute Gasteiger partial charge is 0.408 e. The molecule has 10 nitrogen and oxygen atoms in total. The Morgan fingerprint density at radius 3 is 2.66 bits per heavy atom. The molecule has 3 atom stereocenters. The molecule has 184 valence electrons. The smallest absolute Gasteiger partial charge is 0.326 e. The van der Waals surface area contributed by atoms with Crippen LogP contribution in [0.25, 0.3) is 10.9 Å². The number of ketones is 1. The molecule has 5 rings (SSSR count). The maximum Gasteiger partial charge on any atom is 0.408 e. The number of carbonyl (C=O) groups is 3. The molecule has 1 saturated heterocycles. The fraction of sp³-hybridized carbons (Fsp3) is 0.455. The van der Waals surface area contributed by atoms with Crippen LogP contribution in [0.5, 0.6) is 0 Å². The van der Waals surface area contributed by atoms with Crippen molar-refractivity contribution in [2.45, 2.75) is 57.5 Å². The standard InChI is InChI=1S/C22H22F3N7O3/c1-12(33)20-14-4-6-26-9-17(14)31(29-20)10-19(34)32-15-3-2-13(15)8-16(32)21(35)27-18-5-7-30(28-18)11-22(23,24)25/h4-7,9,13,15-16H,2-3,8,10-11H2,1H3,(H,27,28,35)/t13-,15-,16+/m1/s1. The van der Waals surface area contributed by atoms with Gasteiger partial charge in [0.25, 0.3) is 0 Å². The van der Waals surface area contributed by atoms with Crippen LogP contribution in [0.3, 0.4) is 0 Å². The van der Waals surface area contributed by atoms with Crippen LogP contribution >= 0.6 is 0 Å². The monoisotopic (exact) mass is 489 g/mol. The van der Waals surface area contributed by atoms with Gasteiger partial charge in [-0.3, -0.25) is 28.7 Å². The molecule has 3 aromatic heterocycles. The number of aromatic nitrogens is 5. The third kappa shape index (κ3) is 4.37. The molecule has 13 heteroatoms. The van der Waals surface area contributed by atoms with Gasteiger partial charge >= 0.3 is 6.18 Å². The molecular formula is C22H22F3N7O3. The van der Waals surface area contributed by atoms with Crippen LogP contribution in [0.4, 0.5) is 19.0 Å². The summed E-state index contributed by atoms with van der Waals surface area (Å²) in [5.41, 5.74) is 0.772. The Bertz CT molecular complexity index is 1320. The summed E-state index contributed by atoms with van der Waals surface area (Å²) in [6.07, 6.45) is 1.88. The summed E-state index contributed by atoms with van der Waals surface area (Å²) >= 11 is 0. The van der Waals surface area contributed by atoms with Crippen LogP contribution in [-0.4, -0.2) is 65.3 Å². The lowest BCUT2D eigenvalue weighted by Crippen LogP contribution is -2.50. The van der Waals surface area contributed by atoms with Gasteiger partial charge in [0.2, 0.25) is 11.8 Å². The number of rotatable bonds is 6. The van der Waals surface area contributed by atoms with E-state index in [4.69, 9.17) is 0 Å². The van der Waals surface area contributed by atoms with Crippen LogP contribution < -0.4 is 5.32 Å². The zero-order chi connectivity index (χ0) is 24.9. The number of amides is 2. The first-order valence-corrected chi connectivity index (χ1v) is 11.1. The van der Waals surface area contributed by atoms with Crippen molar-refractivity contribution >= 4 is 34.3 Å². The van der Waals surface area contributed by atoms with Crippen molar-refractivity contribution < 1.29 is 27.6 Å². The summed E-state index contributed by atoms with van der Waals surface area (Å²) in [5.74, 6) is -0.901. The van der Waals surface area contributed by atoms with Gasteiger partial charge in [0.15, 0.2) is 11.6 Å². The van der Waals surface area contributed by atoms with E-state index in [9.17, 15) is 27.6 Å². The van der Waals surface area contributed by atoms with Crippen molar-refractivity contribution in [1.82, 2.24) is 29.4 Å². The lowest BCUT2D eigenvalue weighted by Gasteiger charge is -2.37. The molecule has 0 unspecified atom stereocenters. The number of likely N-dealkylation sites (tertiary alicyclic amines) is 1. The Morgan fingerprint density at radius 2 is 1.97 bits per heavy atom. The van der Waals surface area contributed by atoms with Crippen molar-refractivity contribution in [2.75, 3.05) is 5.32 Å². The predicted molar refractivity (Wildman–Crippen MR) is 116 cm³/mol. The molecule has 0 bridgehead atoms. The quantitative estimate of drug-likeness (QED) is 0.532. The first kappa shape index (κ1) is 23.0. The van der Waals surface area contributed by atoms with Crippen molar-refractivity contribution in [3.63, 3.8) is 0 Å². The van der Waals surface area contributed by atoms with E-state index < -0.39 is 24.7 Å². The number of carbonyl (C=O) groups excluding carboxylic acids is 3. The van der Waals surface area contributed by atoms with Crippen molar-refractivity contribution in [1.29, 1.82) is 0 Å². The van der Waals surface area contributed by atoms with E-state index in [-0.39, 0.29) is 41.7 Å². The summed E-state index contributed by atoms with van der Waals surface area (Å²) in [5, 5.41) is 11.2. The van der Waals surface area contributed by atoms with Gasteiger partial charge in [-0.05, 0) is 31.2 Å². The van der Waals surface area contributed by atoms with E-state index in [0.29, 0.717) is 22.0 Å². The number of nitrogens with one attached hydrogen (secondary N) is 1. The van der Waals surface area contributed by atoms with E-state index in [2.05, 4.69) is 20.5 Å². The molecule has 0 spiro atoms. The van der Waals surface area contributed by atoms with E-state index >= 15 is 0 Å². The number of hydrogen-bond acceptors (Lipinski definition) is 6. The number of halogens is 3. The minimum Gasteiger partial charge on any atom is -0.326 e. The topological polar surface area (TPSA) is 115 Å². The van der Waals surface area contributed by atoms with Gasteiger partial charge in [-0.25, -0.2) is 0 Å². The van der Waals surface area contributed by atoms with Gasteiger partial charge in [-0.2, -0.15) is 23.4 Å². The minimum atomic E-state index is -4.43. The van der Waals surface area contributed by atoms with Crippen molar-refractivity contribution in [3.8, 4) is 0 Å². The molecular weight excluding hydrogens is 467 g/mol. The molecule has 2 amide bonds. The summed E-state index contributed by atoms with van der Waals surface area (Å²) in [6, 6.07) is 2.07. The van der Waals surface area contributed by atoms with E-state index in [0.717, 1.165) is 19.0 Å². The lowest BCUT2D eigenvalue weighted by molar-refractivity contribution is -0.142. The van der Waals surface area contributed by atoms with Crippen LogP contribution in [-0.2, 0) is 22.7 Å². The molecule has 0 radical (unpaired) electrons. The summed E-state index contributed by atoms with van der Waals surface area (Å²) < 4.78 is 39.9. The van der Waals surface area contributed by atoms with E-state index in [1.165, 1.54) is 23.9 Å². The van der Waals surface area contributed by atoms with Crippen molar-refractivity contribution in [2.24, 2.45) is 5.92 Å². The Labute approximate surface area is 197 Å². The third-order valence-corrected chi connectivity index (χ3v) is 6.59.